The number of hydrogen-bond donors (Lipinski definition) is 0. The Morgan fingerprint density at radius 1 is 1.32 bits per heavy atom. The molecule has 0 saturated heterocycles. The molecule has 2 heterocycles. The Balaban J connectivity index is 1.67. The summed E-state index contributed by atoms with van der Waals surface area (Å²) in [6.45, 7) is 1.86. The van der Waals surface area contributed by atoms with E-state index >= 15 is 0 Å². The van der Waals surface area contributed by atoms with E-state index in [1.165, 1.54) is 0 Å². The van der Waals surface area contributed by atoms with Gasteiger partial charge in [0.2, 0.25) is 0 Å². The van der Waals surface area contributed by atoms with Crippen LogP contribution in [0.25, 0.3) is 11.5 Å². The van der Waals surface area contributed by atoms with Crippen molar-refractivity contribution in [2.24, 2.45) is 7.05 Å². The maximum atomic E-state index is 12.0. The summed E-state index contributed by atoms with van der Waals surface area (Å²) < 4.78 is 11.8. The second-order valence-corrected chi connectivity index (χ2v) is 4.65. The molecule has 0 radical (unpaired) electrons. The molecule has 2 aromatic heterocycles. The quantitative estimate of drug-likeness (QED) is 0.674. The Kier molecular flexibility index (Phi) is 3.65. The van der Waals surface area contributed by atoms with Crippen molar-refractivity contribution >= 4 is 5.97 Å². The van der Waals surface area contributed by atoms with Gasteiger partial charge in [0, 0.05) is 12.6 Å². The number of carbonyl (C=O) groups is 1. The number of benzene rings is 1. The third kappa shape index (κ3) is 2.85. The van der Waals surface area contributed by atoms with E-state index in [4.69, 9.17) is 9.26 Å². The monoisotopic (exact) mass is 299 g/mol. The molecule has 0 spiro atoms. The maximum Gasteiger partial charge on any atom is 0.338 e. The number of esters is 1. The molecule has 0 unspecified atom stereocenters. The normalized spacial score (nSPS) is 10.6. The highest BCUT2D eigenvalue weighted by Crippen LogP contribution is 2.18. The molecule has 0 N–H and O–H groups in total. The van der Waals surface area contributed by atoms with E-state index < -0.39 is 5.97 Å². The van der Waals surface area contributed by atoms with E-state index in [1.54, 1.807) is 49.1 Å². The van der Waals surface area contributed by atoms with Crippen molar-refractivity contribution in [3.8, 4) is 11.5 Å². The Labute approximate surface area is 125 Å². The van der Waals surface area contributed by atoms with Crippen molar-refractivity contribution in [1.82, 2.24) is 25.1 Å². The minimum atomic E-state index is -0.422. The molecule has 0 atom stereocenters. The largest absolute Gasteiger partial charge is 0.456 e. The summed E-state index contributed by atoms with van der Waals surface area (Å²) in [7, 11) is 1.73. The molecule has 112 valence electrons. The SMILES string of the molecule is Cc1noc(-c2ccc(C(=O)OCc3cnnn3C)cc2)n1. The zero-order valence-corrected chi connectivity index (χ0v) is 12.1. The summed E-state index contributed by atoms with van der Waals surface area (Å²) in [5, 5.41) is 11.2. The average molecular weight is 299 g/mol. The Morgan fingerprint density at radius 2 is 2.09 bits per heavy atom. The fourth-order valence-corrected chi connectivity index (χ4v) is 1.83. The predicted molar refractivity (Wildman–Crippen MR) is 74.6 cm³/mol. The van der Waals surface area contributed by atoms with Gasteiger partial charge in [-0.1, -0.05) is 10.4 Å². The van der Waals surface area contributed by atoms with Crippen LogP contribution in [0.5, 0.6) is 0 Å². The molecule has 3 aromatic rings. The van der Waals surface area contributed by atoms with E-state index in [-0.39, 0.29) is 6.61 Å². The Morgan fingerprint density at radius 3 is 2.68 bits per heavy atom. The molecular weight excluding hydrogens is 286 g/mol. The number of hydrogen-bond acceptors (Lipinski definition) is 7. The van der Waals surface area contributed by atoms with Gasteiger partial charge >= 0.3 is 5.97 Å². The van der Waals surface area contributed by atoms with Crippen LogP contribution in [0.2, 0.25) is 0 Å². The minimum absolute atomic E-state index is 0.118. The van der Waals surface area contributed by atoms with Crippen LogP contribution in [0.1, 0.15) is 21.9 Å². The third-order valence-electron chi connectivity index (χ3n) is 3.05. The van der Waals surface area contributed by atoms with Gasteiger partial charge in [0.25, 0.3) is 5.89 Å². The summed E-state index contributed by atoms with van der Waals surface area (Å²) in [4.78, 5) is 16.1. The lowest BCUT2D eigenvalue weighted by Gasteiger charge is -2.04. The third-order valence-corrected chi connectivity index (χ3v) is 3.05. The zero-order valence-electron chi connectivity index (χ0n) is 12.1. The Bertz CT molecular complexity index is 791. The summed E-state index contributed by atoms with van der Waals surface area (Å²) in [5.41, 5.74) is 1.90. The molecular formula is C14H13N5O3. The lowest BCUT2D eigenvalue weighted by atomic mass is 10.1. The van der Waals surface area contributed by atoms with E-state index in [0.717, 1.165) is 5.56 Å². The number of ether oxygens (including phenoxy) is 1. The van der Waals surface area contributed by atoms with Crippen LogP contribution in [0.3, 0.4) is 0 Å². The van der Waals surface area contributed by atoms with Crippen LogP contribution in [-0.4, -0.2) is 31.1 Å². The van der Waals surface area contributed by atoms with Crippen molar-refractivity contribution in [2.45, 2.75) is 13.5 Å². The minimum Gasteiger partial charge on any atom is -0.456 e. The standard InChI is InChI=1S/C14H13N5O3/c1-9-16-13(22-17-9)10-3-5-11(6-4-10)14(20)21-8-12-7-15-18-19(12)2/h3-7H,8H2,1-2H3. The van der Waals surface area contributed by atoms with E-state index in [2.05, 4.69) is 20.5 Å². The molecule has 0 aliphatic rings. The highest BCUT2D eigenvalue weighted by Gasteiger charge is 2.11. The van der Waals surface area contributed by atoms with Crippen molar-refractivity contribution in [3.63, 3.8) is 0 Å². The van der Waals surface area contributed by atoms with E-state index in [1.807, 2.05) is 0 Å². The number of aromatic nitrogens is 5. The fourth-order valence-electron chi connectivity index (χ4n) is 1.83. The van der Waals surface area contributed by atoms with Crippen molar-refractivity contribution < 1.29 is 14.1 Å². The molecule has 0 bridgehead atoms. The Hall–Kier alpha value is -3.03. The molecule has 8 heteroatoms. The highest BCUT2D eigenvalue weighted by atomic mass is 16.5. The average Bonchev–Trinajstić information content (AvgIpc) is 3.13. The predicted octanol–water partition coefficient (Wildman–Crippen LogP) is 1.53. The fraction of sp³-hybridized carbons (Fsp3) is 0.214. The molecule has 0 aliphatic heterocycles. The summed E-state index contributed by atoms with van der Waals surface area (Å²) in [6.07, 6.45) is 1.55. The molecule has 0 aliphatic carbocycles. The molecule has 8 nitrogen and oxygen atoms in total. The summed E-state index contributed by atoms with van der Waals surface area (Å²) in [5.74, 6) is 0.552. The van der Waals surface area contributed by atoms with Gasteiger partial charge in [-0.15, -0.1) is 5.10 Å². The van der Waals surface area contributed by atoms with Crippen molar-refractivity contribution in [3.05, 3.63) is 47.5 Å². The van der Waals surface area contributed by atoms with Gasteiger partial charge in [-0.05, 0) is 31.2 Å². The first-order valence-corrected chi connectivity index (χ1v) is 6.55. The molecule has 0 fully saturated rings. The lowest BCUT2D eigenvalue weighted by Crippen LogP contribution is -2.08. The van der Waals surface area contributed by atoms with Crippen LogP contribution >= 0.6 is 0 Å². The van der Waals surface area contributed by atoms with Crippen molar-refractivity contribution in [1.29, 1.82) is 0 Å². The van der Waals surface area contributed by atoms with Gasteiger partial charge in [0.15, 0.2) is 5.82 Å². The molecule has 0 amide bonds. The number of aryl methyl sites for hydroxylation is 2. The van der Waals surface area contributed by atoms with Crippen LogP contribution in [0, 0.1) is 6.92 Å². The molecule has 3 rings (SSSR count). The van der Waals surface area contributed by atoms with Gasteiger partial charge < -0.3 is 9.26 Å². The smallest absolute Gasteiger partial charge is 0.338 e. The summed E-state index contributed by atoms with van der Waals surface area (Å²) in [6, 6.07) is 6.77. The second-order valence-electron chi connectivity index (χ2n) is 4.65. The van der Waals surface area contributed by atoms with Crippen LogP contribution in [-0.2, 0) is 18.4 Å². The topological polar surface area (TPSA) is 95.9 Å². The molecule has 0 saturated carbocycles. The molecule has 22 heavy (non-hydrogen) atoms. The first-order valence-electron chi connectivity index (χ1n) is 6.55. The molecule has 1 aromatic carbocycles. The van der Waals surface area contributed by atoms with Gasteiger partial charge in [0.1, 0.15) is 6.61 Å². The van der Waals surface area contributed by atoms with Crippen LogP contribution < -0.4 is 0 Å². The lowest BCUT2D eigenvalue weighted by molar-refractivity contribution is 0.0463. The van der Waals surface area contributed by atoms with E-state index in [9.17, 15) is 4.79 Å². The number of nitrogens with zero attached hydrogens (tertiary/aromatic N) is 5. The zero-order chi connectivity index (χ0) is 15.5. The van der Waals surface area contributed by atoms with Gasteiger partial charge in [-0.2, -0.15) is 4.98 Å². The number of rotatable bonds is 4. The van der Waals surface area contributed by atoms with Gasteiger partial charge in [-0.25, -0.2) is 9.48 Å². The maximum absolute atomic E-state index is 12.0. The van der Waals surface area contributed by atoms with Crippen LogP contribution in [0.15, 0.2) is 35.0 Å². The highest BCUT2D eigenvalue weighted by molar-refractivity contribution is 5.89. The number of carbonyl (C=O) groups excluding carboxylic acids is 1. The first-order chi connectivity index (χ1) is 10.6. The van der Waals surface area contributed by atoms with Gasteiger partial charge in [-0.3, -0.25) is 0 Å². The first kappa shape index (κ1) is 13.9. The van der Waals surface area contributed by atoms with E-state index in [0.29, 0.717) is 23.0 Å². The van der Waals surface area contributed by atoms with Crippen LogP contribution in [0.4, 0.5) is 0 Å². The van der Waals surface area contributed by atoms with Gasteiger partial charge in [0.05, 0.1) is 17.5 Å². The van der Waals surface area contributed by atoms with Crippen molar-refractivity contribution in [2.75, 3.05) is 0 Å². The second kappa shape index (κ2) is 5.76. The summed E-state index contributed by atoms with van der Waals surface area (Å²) >= 11 is 0.